The van der Waals surface area contributed by atoms with Gasteiger partial charge in [-0.15, -0.1) is 0 Å². The molecular weight excluding hydrogens is 358 g/mol. The summed E-state index contributed by atoms with van der Waals surface area (Å²) in [5.74, 6) is 0.747. The summed E-state index contributed by atoms with van der Waals surface area (Å²) < 4.78 is 11.4. The molecule has 150 valence electrons. The van der Waals surface area contributed by atoms with Crippen molar-refractivity contribution in [3.05, 3.63) is 59.7 Å². The molecule has 6 heteroatoms. The Morgan fingerprint density at radius 3 is 2.71 bits per heavy atom. The topological polar surface area (TPSA) is 88.0 Å². The summed E-state index contributed by atoms with van der Waals surface area (Å²) in [5, 5.41) is 20.8. The SMILES string of the molecule is CC[C@]12CCNC[C@H]1Oc1ccc(OC)cc12.O=C(O)[C@@H](O)c1ccccc1. The van der Waals surface area contributed by atoms with Crippen molar-refractivity contribution in [1.82, 2.24) is 5.32 Å². The van der Waals surface area contributed by atoms with Gasteiger partial charge in [-0.2, -0.15) is 0 Å². The first-order valence-corrected chi connectivity index (χ1v) is 9.53. The van der Waals surface area contributed by atoms with Gasteiger partial charge in [-0.1, -0.05) is 37.3 Å². The second-order valence-corrected chi connectivity index (χ2v) is 7.08. The molecule has 0 unspecified atom stereocenters. The molecule has 4 rings (SSSR count). The van der Waals surface area contributed by atoms with Crippen LogP contribution in [-0.4, -0.2) is 42.5 Å². The standard InChI is InChI=1S/C14H19NO2.C8H8O3/c1-3-14-6-7-15-9-13(14)17-12-5-4-10(16-2)8-11(12)14;9-7(8(10)11)6-4-2-1-3-5-6/h4-5,8,13,15H,3,6-7,9H2,1-2H3;1-5,7,9H,(H,10,11)/t13-,14-;7-/m10/s1. The van der Waals surface area contributed by atoms with Gasteiger partial charge in [-0.3, -0.25) is 0 Å². The number of benzene rings is 2. The van der Waals surface area contributed by atoms with Gasteiger partial charge in [0.2, 0.25) is 0 Å². The Morgan fingerprint density at radius 2 is 2.07 bits per heavy atom. The second kappa shape index (κ2) is 8.63. The number of carboxylic acid groups (broad SMARTS) is 1. The van der Waals surface area contributed by atoms with Crippen LogP contribution in [0.4, 0.5) is 0 Å². The van der Waals surface area contributed by atoms with E-state index in [2.05, 4.69) is 18.3 Å². The van der Waals surface area contributed by atoms with Gasteiger partial charge in [0, 0.05) is 17.5 Å². The fourth-order valence-electron chi connectivity index (χ4n) is 4.02. The first kappa shape index (κ1) is 20.2. The molecule has 2 aromatic carbocycles. The van der Waals surface area contributed by atoms with Crippen molar-refractivity contribution in [3.8, 4) is 11.5 Å². The number of methoxy groups -OCH3 is 1. The summed E-state index contributed by atoms with van der Waals surface area (Å²) >= 11 is 0. The summed E-state index contributed by atoms with van der Waals surface area (Å²) in [6.07, 6.45) is 1.15. The summed E-state index contributed by atoms with van der Waals surface area (Å²) in [6, 6.07) is 14.4. The van der Waals surface area contributed by atoms with Crippen molar-refractivity contribution in [1.29, 1.82) is 0 Å². The van der Waals surface area contributed by atoms with Crippen molar-refractivity contribution in [2.24, 2.45) is 0 Å². The summed E-state index contributed by atoms with van der Waals surface area (Å²) in [5.41, 5.74) is 1.93. The molecule has 3 N–H and O–H groups in total. The molecule has 1 fully saturated rings. The number of rotatable bonds is 4. The third-order valence-electron chi connectivity index (χ3n) is 5.67. The summed E-state index contributed by atoms with van der Waals surface area (Å²) in [4.78, 5) is 10.2. The molecule has 6 nitrogen and oxygen atoms in total. The predicted octanol–water partition coefficient (Wildman–Crippen LogP) is 2.90. The zero-order valence-electron chi connectivity index (χ0n) is 16.2. The first-order valence-electron chi connectivity index (χ1n) is 9.53. The molecule has 3 atom stereocenters. The van der Waals surface area contributed by atoms with E-state index in [4.69, 9.17) is 19.7 Å². The highest BCUT2D eigenvalue weighted by atomic mass is 16.5. The quantitative estimate of drug-likeness (QED) is 0.750. The van der Waals surface area contributed by atoms with Gasteiger partial charge in [0.25, 0.3) is 0 Å². The van der Waals surface area contributed by atoms with Crippen molar-refractivity contribution in [3.63, 3.8) is 0 Å². The minimum Gasteiger partial charge on any atom is -0.497 e. The number of hydrogen-bond acceptors (Lipinski definition) is 5. The van der Waals surface area contributed by atoms with Crippen LogP contribution < -0.4 is 14.8 Å². The van der Waals surface area contributed by atoms with E-state index < -0.39 is 12.1 Å². The molecule has 1 saturated heterocycles. The molecule has 2 aliphatic heterocycles. The zero-order chi connectivity index (χ0) is 20.1. The number of hydrogen-bond donors (Lipinski definition) is 3. The Kier molecular flexibility index (Phi) is 6.21. The molecule has 0 bridgehead atoms. The minimum atomic E-state index is -1.41. The van der Waals surface area contributed by atoms with Crippen LogP contribution in [0.5, 0.6) is 11.5 Å². The van der Waals surface area contributed by atoms with Crippen LogP contribution >= 0.6 is 0 Å². The molecule has 0 saturated carbocycles. The maximum atomic E-state index is 10.2. The van der Waals surface area contributed by atoms with Crippen molar-refractivity contribution in [2.75, 3.05) is 20.2 Å². The highest BCUT2D eigenvalue weighted by molar-refractivity contribution is 5.73. The first-order chi connectivity index (χ1) is 13.5. The molecule has 28 heavy (non-hydrogen) atoms. The van der Waals surface area contributed by atoms with Crippen molar-refractivity contribution in [2.45, 2.75) is 37.4 Å². The van der Waals surface area contributed by atoms with Crippen LogP contribution in [0.15, 0.2) is 48.5 Å². The summed E-state index contributed by atoms with van der Waals surface area (Å²) in [7, 11) is 1.72. The third kappa shape index (κ3) is 3.84. The van der Waals surface area contributed by atoms with Gasteiger partial charge < -0.3 is 25.0 Å². The molecule has 2 aliphatic rings. The van der Waals surface area contributed by atoms with Gasteiger partial charge in [0.05, 0.1) is 7.11 Å². The number of nitrogens with one attached hydrogen (secondary N) is 1. The average Bonchev–Trinajstić information content (AvgIpc) is 3.08. The van der Waals surface area contributed by atoms with E-state index in [9.17, 15) is 4.79 Å². The molecule has 0 aromatic heterocycles. The van der Waals surface area contributed by atoms with E-state index in [1.165, 1.54) is 5.56 Å². The fourth-order valence-corrected chi connectivity index (χ4v) is 4.02. The lowest BCUT2D eigenvalue weighted by Crippen LogP contribution is -2.50. The highest BCUT2D eigenvalue weighted by Gasteiger charge is 2.48. The normalized spacial score (nSPS) is 23.3. The number of aliphatic hydroxyl groups excluding tert-OH is 1. The van der Waals surface area contributed by atoms with Crippen LogP contribution in [0.2, 0.25) is 0 Å². The lowest BCUT2D eigenvalue weighted by molar-refractivity contribution is -0.146. The number of ether oxygens (including phenoxy) is 2. The van der Waals surface area contributed by atoms with Gasteiger partial charge in [-0.05, 0) is 43.1 Å². The number of aliphatic carboxylic acids is 1. The molecule has 0 aliphatic carbocycles. The lowest BCUT2D eigenvalue weighted by atomic mass is 9.71. The Balaban J connectivity index is 0.000000178. The lowest BCUT2D eigenvalue weighted by Gasteiger charge is -2.37. The maximum Gasteiger partial charge on any atom is 0.337 e. The fraction of sp³-hybridized carbons (Fsp3) is 0.409. The Morgan fingerprint density at radius 1 is 1.32 bits per heavy atom. The zero-order valence-corrected chi connectivity index (χ0v) is 16.2. The summed E-state index contributed by atoms with van der Waals surface area (Å²) in [6.45, 7) is 4.28. The largest absolute Gasteiger partial charge is 0.497 e. The molecule has 0 radical (unpaired) electrons. The number of fused-ring (bicyclic) bond motifs is 3. The number of piperidine rings is 1. The van der Waals surface area contributed by atoms with Crippen LogP contribution in [-0.2, 0) is 10.2 Å². The Hall–Kier alpha value is -2.57. The smallest absolute Gasteiger partial charge is 0.337 e. The Labute approximate surface area is 165 Å². The second-order valence-electron chi connectivity index (χ2n) is 7.08. The van der Waals surface area contributed by atoms with Gasteiger partial charge >= 0.3 is 5.97 Å². The number of carboxylic acids is 1. The Bertz CT molecular complexity index is 810. The minimum absolute atomic E-state index is 0.190. The van der Waals surface area contributed by atoms with E-state index >= 15 is 0 Å². The van der Waals surface area contributed by atoms with Gasteiger partial charge in [0.1, 0.15) is 17.6 Å². The maximum absolute atomic E-state index is 10.2. The van der Waals surface area contributed by atoms with Gasteiger partial charge in [0.15, 0.2) is 6.10 Å². The van der Waals surface area contributed by atoms with E-state index in [-0.39, 0.29) is 11.5 Å². The molecule has 2 heterocycles. The van der Waals surface area contributed by atoms with Crippen molar-refractivity contribution < 1.29 is 24.5 Å². The number of carbonyl (C=O) groups is 1. The van der Waals surface area contributed by atoms with Crippen LogP contribution in [0.25, 0.3) is 0 Å². The van der Waals surface area contributed by atoms with Crippen LogP contribution in [0.3, 0.4) is 0 Å². The average molecular weight is 385 g/mol. The molecule has 0 amide bonds. The van der Waals surface area contributed by atoms with E-state index in [1.54, 1.807) is 37.4 Å². The van der Waals surface area contributed by atoms with E-state index in [1.807, 2.05) is 12.1 Å². The molecule has 0 spiro atoms. The predicted molar refractivity (Wildman–Crippen MR) is 106 cm³/mol. The van der Waals surface area contributed by atoms with Crippen molar-refractivity contribution >= 4 is 5.97 Å². The van der Waals surface area contributed by atoms with E-state index in [0.717, 1.165) is 37.4 Å². The van der Waals surface area contributed by atoms with Crippen LogP contribution in [0, 0.1) is 0 Å². The highest BCUT2D eigenvalue weighted by Crippen LogP contribution is 2.49. The number of aliphatic hydroxyl groups is 1. The third-order valence-corrected chi connectivity index (χ3v) is 5.67. The molecule has 2 aromatic rings. The van der Waals surface area contributed by atoms with E-state index in [0.29, 0.717) is 5.56 Å². The monoisotopic (exact) mass is 385 g/mol. The van der Waals surface area contributed by atoms with Gasteiger partial charge in [-0.25, -0.2) is 4.79 Å². The molecular formula is C22H27NO5. The van der Waals surface area contributed by atoms with Crippen LogP contribution in [0.1, 0.15) is 37.0 Å².